The van der Waals surface area contributed by atoms with Crippen molar-refractivity contribution in [1.29, 1.82) is 0 Å². The maximum absolute atomic E-state index is 12.7. The third kappa shape index (κ3) is 5.14. The van der Waals surface area contributed by atoms with Gasteiger partial charge in [0.05, 0.1) is 19.4 Å². The lowest BCUT2D eigenvalue weighted by Gasteiger charge is -2.26. The van der Waals surface area contributed by atoms with Gasteiger partial charge in [-0.1, -0.05) is 12.1 Å². The van der Waals surface area contributed by atoms with Crippen LogP contribution in [0.2, 0.25) is 0 Å². The lowest BCUT2D eigenvalue weighted by Crippen LogP contribution is -2.37. The number of aromatic nitrogens is 2. The minimum Gasteiger partial charge on any atom is -0.379 e. The Hall–Kier alpha value is -2.44. The molecule has 154 valence electrons. The summed E-state index contributed by atoms with van der Waals surface area (Å²) in [5.74, 6) is 0.591. The number of anilines is 1. The Morgan fingerprint density at radius 2 is 2.14 bits per heavy atom. The van der Waals surface area contributed by atoms with Gasteiger partial charge in [-0.3, -0.25) is 9.69 Å². The van der Waals surface area contributed by atoms with E-state index in [2.05, 4.69) is 44.5 Å². The van der Waals surface area contributed by atoms with Gasteiger partial charge in [-0.15, -0.1) is 0 Å². The number of imidazole rings is 1. The van der Waals surface area contributed by atoms with Gasteiger partial charge in [0.15, 0.2) is 0 Å². The van der Waals surface area contributed by atoms with Crippen LogP contribution in [0.4, 0.5) is 5.69 Å². The molecule has 0 unspecified atom stereocenters. The smallest absolute Gasteiger partial charge is 0.273 e. The normalized spacial score (nSPS) is 17.8. The first-order valence-electron chi connectivity index (χ1n) is 10.6. The van der Waals surface area contributed by atoms with E-state index in [1.54, 1.807) is 6.20 Å². The van der Waals surface area contributed by atoms with E-state index in [1.165, 1.54) is 24.0 Å². The van der Waals surface area contributed by atoms with Crippen LogP contribution in [0, 0.1) is 6.92 Å². The molecule has 2 aromatic rings. The fourth-order valence-corrected chi connectivity index (χ4v) is 4.04. The molecule has 0 atom stereocenters. The number of hydrogen-bond donors (Lipinski definition) is 2. The van der Waals surface area contributed by atoms with Crippen molar-refractivity contribution >= 4 is 17.2 Å². The standard InChI is InChI=1S/C23H30N4O2/c1-17-24-16-22(25-17)23(28)26-21-8-7-18(9-10-27-11-13-29-14-12-27)15-20(21)19-5-3-2-4-6-19/h5,7-8,15-16H,2-4,6,9-14H2,1H3,(H,24,25)(H,26,28). The lowest BCUT2D eigenvalue weighted by atomic mass is 9.91. The summed E-state index contributed by atoms with van der Waals surface area (Å²) in [7, 11) is 0. The second kappa shape index (κ2) is 9.37. The highest BCUT2D eigenvalue weighted by Crippen LogP contribution is 2.33. The molecule has 0 bridgehead atoms. The van der Waals surface area contributed by atoms with Crippen molar-refractivity contribution in [2.45, 2.75) is 39.0 Å². The Labute approximate surface area is 172 Å². The summed E-state index contributed by atoms with van der Waals surface area (Å²) in [6, 6.07) is 6.47. The number of hydrogen-bond acceptors (Lipinski definition) is 4. The van der Waals surface area contributed by atoms with Gasteiger partial charge in [-0.25, -0.2) is 4.98 Å². The van der Waals surface area contributed by atoms with Gasteiger partial charge < -0.3 is 15.0 Å². The molecule has 1 amide bonds. The highest BCUT2D eigenvalue weighted by atomic mass is 16.5. The Balaban J connectivity index is 1.53. The number of allylic oxidation sites excluding steroid dienone is 2. The molecule has 1 aliphatic heterocycles. The third-order valence-corrected chi connectivity index (χ3v) is 5.74. The number of H-pyrrole nitrogens is 1. The van der Waals surface area contributed by atoms with Crippen LogP contribution >= 0.6 is 0 Å². The Bertz CT molecular complexity index is 881. The van der Waals surface area contributed by atoms with Crippen LogP contribution in [-0.4, -0.2) is 53.6 Å². The number of nitrogens with zero attached hydrogens (tertiary/aromatic N) is 2. The topological polar surface area (TPSA) is 70.2 Å². The van der Waals surface area contributed by atoms with Crippen LogP contribution in [-0.2, 0) is 11.2 Å². The molecule has 1 aromatic heterocycles. The molecule has 4 rings (SSSR count). The van der Waals surface area contributed by atoms with Crippen molar-refractivity contribution < 1.29 is 9.53 Å². The van der Waals surface area contributed by atoms with Gasteiger partial charge in [-0.05, 0) is 62.3 Å². The first kappa shape index (κ1) is 19.9. The second-order valence-electron chi connectivity index (χ2n) is 7.90. The molecule has 6 nitrogen and oxygen atoms in total. The van der Waals surface area contributed by atoms with Crippen LogP contribution in [0.3, 0.4) is 0 Å². The predicted octanol–water partition coefficient (Wildman–Crippen LogP) is 3.80. The highest BCUT2D eigenvalue weighted by Gasteiger charge is 2.16. The molecule has 6 heteroatoms. The molecule has 0 saturated carbocycles. The average Bonchev–Trinajstić information content (AvgIpc) is 3.21. The van der Waals surface area contributed by atoms with Gasteiger partial charge in [0.1, 0.15) is 11.5 Å². The zero-order valence-electron chi connectivity index (χ0n) is 17.2. The summed E-state index contributed by atoms with van der Waals surface area (Å²) < 4.78 is 5.44. The number of amides is 1. The minimum absolute atomic E-state index is 0.149. The molecule has 2 heterocycles. The zero-order valence-corrected chi connectivity index (χ0v) is 17.2. The first-order chi connectivity index (χ1) is 14.2. The van der Waals surface area contributed by atoms with E-state index in [0.29, 0.717) is 5.69 Å². The van der Waals surface area contributed by atoms with Gasteiger partial charge in [-0.2, -0.15) is 0 Å². The maximum atomic E-state index is 12.7. The average molecular weight is 395 g/mol. The SMILES string of the molecule is Cc1ncc(C(=O)Nc2ccc(CCN3CCOCC3)cc2C2=CCCCC2)[nH]1. The van der Waals surface area contributed by atoms with Crippen molar-refractivity contribution in [3.63, 3.8) is 0 Å². The molecule has 2 aliphatic rings. The Morgan fingerprint density at radius 3 is 2.86 bits per heavy atom. The lowest BCUT2D eigenvalue weighted by molar-refractivity contribution is 0.0384. The van der Waals surface area contributed by atoms with Gasteiger partial charge in [0, 0.05) is 30.9 Å². The number of benzene rings is 1. The number of carbonyl (C=O) groups is 1. The molecule has 2 N–H and O–H groups in total. The largest absolute Gasteiger partial charge is 0.379 e. The first-order valence-corrected chi connectivity index (χ1v) is 10.6. The number of carbonyl (C=O) groups excluding carboxylic acids is 1. The Morgan fingerprint density at radius 1 is 1.28 bits per heavy atom. The molecular formula is C23H30N4O2. The molecule has 0 radical (unpaired) electrons. The van der Waals surface area contributed by atoms with Crippen LogP contribution in [0.25, 0.3) is 5.57 Å². The maximum Gasteiger partial charge on any atom is 0.273 e. The van der Waals surface area contributed by atoms with Crippen molar-refractivity contribution in [1.82, 2.24) is 14.9 Å². The molecule has 1 aromatic carbocycles. The van der Waals surface area contributed by atoms with E-state index in [1.807, 2.05) is 6.92 Å². The summed E-state index contributed by atoms with van der Waals surface area (Å²) >= 11 is 0. The monoisotopic (exact) mass is 394 g/mol. The number of nitrogens with one attached hydrogen (secondary N) is 2. The van der Waals surface area contributed by atoms with E-state index in [4.69, 9.17) is 4.74 Å². The van der Waals surface area contributed by atoms with E-state index in [9.17, 15) is 4.79 Å². The number of morpholine rings is 1. The quantitative estimate of drug-likeness (QED) is 0.782. The molecule has 1 fully saturated rings. The van der Waals surface area contributed by atoms with E-state index < -0.39 is 0 Å². The van der Waals surface area contributed by atoms with Crippen LogP contribution in [0.15, 0.2) is 30.5 Å². The van der Waals surface area contributed by atoms with Crippen LogP contribution < -0.4 is 5.32 Å². The van der Waals surface area contributed by atoms with Crippen molar-refractivity contribution in [2.75, 3.05) is 38.2 Å². The summed E-state index contributed by atoms with van der Waals surface area (Å²) in [5, 5.41) is 3.09. The molecular weight excluding hydrogens is 364 g/mol. The van der Waals surface area contributed by atoms with E-state index in [-0.39, 0.29) is 5.91 Å². The van der Waals surface area contributed by atoms with Gasteiger partial charge >= 0.3 is 0 Å². The molecule has 1 saturated heterocycles. The van der Waals surface area contributed by atoms with E-state index in [0.717, 1.165) is 69.2 Å². The van der Waals surface area contributed by atoms with Crippen molar-refractivity contribution in [2.24, 2.45) is 0 Å². The zero-order chi connectivity index (χ0) is 20.1. The van der Waals surface area contributed by atoms with Gasteiger partial charge in [0.25, 0.3) is 5.91 Å². The molecule has 1 aliphatic carbocycles. The predicted molar refractivity (Wildman–Crippen MR) is 115 cm³/mol. The summed E-state index contributed by atoms with van der Waals surface area (Å²) in [5.41, 5.74) is 5.19. The summed E-state index contributed by atoms with van der Waals surface area (Å²) in [6.07, 6.45) is 9.56. The van der Waals surface area contributed by atoms with E-state index >= 15 is 0 Å². The Kier molecular flexibility index (Phi) is 6.42. The van der Waals surface area contributed by atoms with Crippen molar-refractivity contribution in [3.8, 4) is 0 Å². The summed E-state index contributed by atoms with van der Waals surface area (Å²) in [6.45, 7) is 6.57. The minimum atomic E-state index is -0.149. The summed E-state index contributed by atoms with van der Waals surface area (Å²) in [4.78, 5) is 22.3. The second-order valence-corrected chi connectivity index (χ2v) is 7.90. The van der Waals surface area contributed by atoms with Crippen LogP contribution in [0.5, 0.6) is 0 Å². The number of rotatable bonds is 6. The number of aryl methyl sites for hydroxylation is 1. The highest BCUT2D eigenvalue weighted by molar-refractivity contribution is 6.04. The fourth-order valence-electron chi connectivity index (χ4n) is 4.04. The third-order valence-electron chi connectivity index (χ3n) is 5.74. The number of ether oxygens (including phenoxy) is 1. The molecule has 29 heavy (non-hydrogen) atoms. The van der Waals surface area contributed by atoms with Gasteiger partial charge in [0.2, 0.25) is 0 Å². The molecule has 0 spiro atoms. The fraction of sp³-hybridized carbons (Fsp3) is 0.478. The van der Waals surface area contributed by atoms with Crippen LogP contribution in [0.1, 0.15) is 53.1 Å². The van der Waals surface area contributed by atoms with Crippen molar-refractivity contribution in [3.05, 3.63) is 53.1 Å². The number of aromatic amines is 1.